The molecule has 0 saturated heterocycles. The molecule has 0 aromatic carbocycles. The first-order valence-electron chi connectivity index (χ1n) is 5.34. The molecule has 2 heterocycles. The normalized spacial score (nSPS) is 10.3. The van der Waals surface area contributed by atoms with Crippen molar-refractivity contribution < 1.29 is 14.7 Å². The minimum Gasteiger partial charge on any atom is -0.477 e. The molecule has 0 atom stereocenters. The number of aryl methyl sites for hydroxylation is 2. The molecule has 0 fully saturated rings. The molecular weight excluding hydrogens is 234 g/mol. The number of carbonyl (C=O) groups is 2. The minimum atomic E-state index is -1.11. The van der Waals surface area contributed by atoms with Gasteiger partial charge in [0.2, 0.25) is 0 Å². The number of carboxylic acid groups (broad SMARTS) is 1. The van der Waals surface area contributed by atoms with Crippen molar-refractivity contribution >= 4 is 17.6 Å². The zero-order valence-electron chi connectivity index (χ0n) is 10.0. The summed E-state index contributed by atoms with van der Waals surface area (Å²) in [7, 11) is 1.75. The van der Waals surface area contributed by atoms with Crippen LogP contribution in [0.4, 0.5) is 5.69 Å². The van der Waals surface area contributed by atoms with E-state index in [1.54, 1.807) is 42.9 Å². The molecule has 2 aromatic rings. The molecule has 6 heteroatoms. The maximum absolute atomic E-state index is 11.9. The van der Waals surface area contributed by atoms with E-state index in [1.807, 2.05) is 0 Å². The maximum Gasteiger partial charge on any atom is 0.354 e. The number of nitrogens with one attached hydrogen (secondary N) is 2. The van der Waals surface area contributed by atoms with Gasteiger partial charge in [0.05, 0.1) is 5.69 Å². The number of hydrogen-bond donors (Lipinski definition) is 3. The fraction of sp³-hybridized carbons (Fsp3) is 0.167. The first-order valence-corrected chi connectivity index (χ1v) is 5.34. The molecule has 3 N–H and O–H groups in total. The molecule has 2 aromatic heterocycles. The molecule has 0 radical (unpaired) electrons. The topological polar surface area (TPSA) is 87.1 Å². The Kier molecular flexibility index (Phi) is 2.93. The fourth-order valence-corrected chi connectivity index (χ4v) is 1.74. The number of carbonyl (C=O) groups excluding carboxylic acids is 1. The van der Waals surface area contributed by atoms with Crippen molar-refractivity contribution in [2.24, 2.45) is 7.05 Å². The summed E-state index contributed by atoms with van der Waals surface area (Å²) in [6, 6.07) is 5.00. The van der Waals surface area contributed by atoms with Crippen molar-refractivity contribution in [3.63, 3.8) is 0 Å². The van der Waals surface area contributed by atoms with E-state index >= 15 is 0 Å². The molecule has 2 rings (SSSR count). The number of hydrogen-bond acceptors (Lipinski definition) is 2. The second-order valence-electron chi connectivity index (χ2n) is 4.00. The van der Waals surface area contributed by atoms with Crippen LogP contribution in [0, 0.1) is 6.92 Å². The molecule has 0 unspecified atom stereocenters. The van der Waals surface area contributed by atoms with Gasteiger partial charge in [0.15, 0.2) is 0 Å². The quantitative estimate of drug-likeness (QED) is 0.770. The molecule has 0 aliphatic carbocycles. The van der Waals surface area contributed by atoms with E-state index in [4.69, 9.17) is 5.11 Å². The van der Waals surface area contributed by atoms with Crippen LogP contribution in [0.15, 0.2) is 24.4 Å². The largest absolute Gasteiger partial charge is 0.477 e. The number of carboxylic acids is 1. The van der Waals surface area contributed by atoms with Gasteiger partial charge in [0, 0.05) is 18.9 Å². The lowest BCUT2D eigenvalue weighted by Crippen LogP contribution is -2.16. The van der Waals surface area contributed by atoms with E-state index in [0.29, 0.717) is 11.4 Å². The third kappa shape index (κ3) is 2.13. The van der Waals surface area contributed by atoms with Gasteiger partial charge in [0.1, 0.15) is 11.4 Å². The molecule has 18 heavy (non-hydrogen) atoms. The van der Waals surface area contributed by atoms with E-state index in [0.717, 1.165) is 0 Å². The smallest absolute Gasteiger partial charge is 0.354 e. The number of H-pyrrole nitrogens is 1. The zero-order chi connectivity index (χ0) is 13.3. The summed E-state index contributed by atoms with van der Waals surface area (Å²) in [4.78, 5) is 25.6. The van der Waals surface area contributed by atoms with E-state index in [-0.39, 0.29) is 17.3 Å². The summed E-state index contributed by atoms with van der Waals surface area (Å²) in [5.41, 5.74) is 1.39. The molecule has 0 aliphatic heterocycles. The van der Waals surface area contributed by atoms with Crippen molar-refractivity contribution in [1.82, 2.24) is 9.55 Å². The number of aromatic amines is 1. The van der Waals surface area contributed by atoms with Crippen LogP contribution in [-0.4, -0.2) is 26.5 Å². The van der Waals surface area contributed by atoms with E-state index in [2.05, 4.69) is 10.3 Å². The van der Waals surface area contributed by atoms with Crippen LogP contribution in [0.2, 0.25) is 0 Å². The Labute approximate surface area is 103 Å². The van der Waals surface area contributed by atoms with Crippen LogP contribution in [0.1, 0.15) is 26.7 Å². The number of amides is 1. The summed E-state index contributed by atoms with van der Waals surface area (Å²) in [6.45, 7) is 1.73. The Hall–Kier alpha value is -2.50. The van der Waals surface area contributed by atoms with Gasteiger partial charge in [0.25, 0.3) is 5.91 Å². The van der Waals surface area contributed by atoms with Gasteiger partial charge < -0.3 is 20.0 Å². The predicted molar refractivity (Wildman–Crippen MR) is 65.9 cm³/mol. The van der Waals surface area contributed by atoms with Crippen molar-refractivity contribution in [1.29, 1.82) is 0 Å². The summed E-state index contributed by atoms with van der Waals surface area (Å²) in [5, 5.41) is 11.6. The third-order valence-electron chi connectivity index (χ3n) is 2.59. The highest BCUT2D eigenvalue weighted by Gasteiger charge is 2.17. The Morgan fingerprint density at radius 3 is 2.72 bits per heavy atom. The highest BCUT2D eigenvalue weighted by Crippen LogP contribution is 2.17. The Bertz CT molecular complexity index is 610. The van der Waals surface area contributed by atoms with Crippen molar-refractivity contribution in [2.75, 3.05) is 5.32 Å². The van der Waals surface area contributed by atoms with Crippen molar-refractivity contribution in [2.45, 2.75) is 6.92 Å². The highest BCUT2D eigenvalue weighted by molar-refractivity contribution is 6.06. The standard InChI is InChI=1S/C12H13N3O3/c1-7-6-8(10(13-7)12(17)18)14-11(16)9-4-3-5-15(9)2/h3-6,13H,1-2H3,(H,14,16)(H,17,18). The van der Waals surface area contributed by atoms with Gasteiger partial charge in [-0.05, 0) is 25.1 Å². The summed E-state index contributed by atoms with van der Waals surface area (Å²) < 4.78 is 1.66. The maximum atomic E-state index is 11.9. The van der Waals surface area contributed by atoms with Crippen molar-refractivity contribution in [3.8, 4) is 0 Å². The monoisotopic (exact) mass is 247 g/mol. The molecule has 0 aliphatic rings. The first kappa shape index (κ1) is 12.0. The molecular formula is C12H13N3O3. The van der Waals surface area contributed by atoms with Crippen LogP contribution >= 0.6 is 0 Å². The van der Waals surface area contributed by atoms with Gasteiger partial charge in [-0.3, -0.25) is 4.79 Å². The van der Waals surface area contributed by atoms with Gasteiger partial charge in [-0.1, -0.05) is 0 Å². The number of nitrogens with zero attached hydrogens (tertiary/aromatic N) is 1. The van der Waals surface area contributed by atoms with Crippen LogP contribution in [-0.2, 0) is 7.05 Å². The summed E-state index contributed by atoms with van der Waals surface area (Å²) in [5.74, 6) is -1.45. The molecule has 1 amide bonds. The van der Waals surface area contributed by atoms with Crippen molar-refractivity contribution in [3.05, 3.63) is 41.5 Å². The van der Waals surface area contributed by atoms with Crippen LogP contribution < -0.4 is 5.32 Å². The van der Waals surface area contributed by atoms with Crippen LogP contribution in [0.5, 0.6) is 0 Å². The number of aromatic nitrogens is 2. The zero-order valence-corrected chi connectivity index (χ0v) is 10.0. The molecule has 0 spiro atoms. The number of anilines is 1. The molecule has 0 saturated carbocycles. The van der Waals surface area contributed by atoms with Gasteiger partial charge in [-0.25, -0.2) is 4.79 Å². The number of rotatable bonds is 3. The Morgan fingerprint density at radius 1 is 1.44 bits per heavy atom. The van der Waals surface area contributed by atoms with E-state index < -0.39 is 5.97 Å². The summed E-state index contributed by atoms with van der Waals surface area (Å²) in [6.07, 6.45) is 1.75. The minimum absolute atomic E-state index is 0.0185. The molecule has 0 bridgehead atoms. The summed E-state index contributed by atoms with van der Waals surface area (Å²) >= 11 is 0. The first-order chi connectivity index (χ1) is 8.49. The fourth-order valence-electron chi connectivity index (χ4n) is 1.74. The van der Waals surface area contributed by atoms with E-state index in [1.165, 1.54) is 0 Å². The average Bonchev–Trinajstić information content (AvgIpc) is 2.84. The highest BCUT2D eigenvalue weighted by atomic mass is 16.4. The lowest BCUT2D eigenvalue weighted by atomic mass is 10.3. The lowest BCUT2D eigenvalue weighted by Gasteiger charge is -2.05. The lowest BCUT2D eigenvalue weighted by molar-refractivity contribution is 0.0692. The van der Waals surface area contributed by atoms with Crippen LogP contribution in [0.3, 0.4) is 0 Å². The predicted octanol–water partition coefficient (Wildman–Crippen LogP) is 1.61. The number of aromatic carboxylic acids is 1. The third-order valence-corrected chi connectivity index (χ3v) is 2.59. The molecule has 94 valence electrons. The Balaban J connectivity index is 2.27. The second kappa shape index (κ2) is 4.40. The van der Waals surface area contributed by atoms with Gasteiger partial charge in [-0.2, -0.15) is 0 Å². The second-order valence-corrected chi connectivity index (χ2v) is 4.00. The SMILES string of the molecule is Cc1cc(NC(=O)c2cccn2C)c(C(=O)O)[nH]1. The van der Waals surface area contributed by atoms with Gasteiger partial charge in [-0.15, -0.1) is 0 Å². The average molecular weight is 247 g/mol. The van der Waals surface area contributed by atoms with Gasteiger partial charge >= 0.3 is 5.97 Å². The van der Waals surface area contributed by atoms with Crippen LogP contribution in [0.25, 0.3) is 0 Å². The molecule has 6 nitrogen and oxygen atoms in total. The Morgan fingerprint density at radius 2 is 2.17 bits per heavy atom. The van der Waals surface area contributed by atoms with E-state index in [9.17, 15) is 9.59 Å².